The lowest BCUT2D eigenvalue weighted by atomic mass is 10.3. The molecule has 0 aromatic rings. The second kappa shape index (κ2) is 8.64. The number of ether oxygens (including phenoxy) is 1. The summed E-state index contributed by atoms with van der Waals surface area (Å²) in [6.45, 7) is 0.917. The minimum absolute atomic E-state index is 0.145. The van der Waals surface area contributed by atoms with Gasteiger partial charge in [-0.25, -0.2) is 8.42 Å². The van der Waals surface area contributed by atoms with Crippen LogP contribution in [0.25, 0.3) is 0 Å². The van der Waals surface area contributed by atoms with Crippen LogP contribution in [-0.2, 0) is 14.8 Å². The van der Waals surface area contributed by atoms with Gasteiger partial charge in [-0.15, -0.1) is 11.6 Å². The second-order valence-corrected chi connectivity index (χ2v) is 7.90. The summed E-state index contributed by atoms with van der Waals surface area (Å²) in [7, 11) is -1.57. The highest BCUT2D eigenvalue weighted by Crippen LogP contribution is 2.24. The smallest absolute Gasteiger partial charge is 0.214 e. The maximum atomic E-state index is 12.3. The number of methoxy groups -OCH3 is 1. The molecule has 0 amide bonds. The Hall–Kier alpha value is 0.510. The van der Waals surface area contributed by atoms with E-state index in [4.69, 9.17) is 16.3 Å². The molecule has 108 valence electrons. The summed E-state index contributed by atoms with van der Waals surface area (Å²) in [6, 6.07) is 0.145. The summed E-state index contributed by atoms with van der Waals surface area (Å²) in [5.41, 5.74) is 0. The number of alkyl halides is 1. The number of hydrogen-bond acceptors (Lipinski definition) is 4. The first-order chi connectivity index (χ1) is 8.61. The molecule has 1 atom stereocenters. The van der Waals surface area contributed by atoms with Crippen LogP contribution in [0.3, 0.4) is 0 Å². The SMILES string of the molecule is COCCN(C1CCSC1)S(=O)(=O)CCCCCl. The topological polar surface area (TPSA) is 46.6 Å². The number of unbranched alkanes of at least 4 members (excludes halogenated alkanes) is 1. The van der Waals surface area contributed by atoms with Gasteiger partial charge in [0, 0.05) is 31.3 Å². The molecule has 1 aliphatic rings. The predicted octanol–water partition coefficient (Wildman–Crippen LogP) is 1.79. The molecule has 1 heterocycles. The van der Waals surface area contributed by atoms with Crippen molar-refractivity contribution in [1.82, 2.24) is 4.31 Å². The lowest BCUT2D eigenvalue weighted by Crippen LogP contribution is -2.43. The van der Waals surface area contributed by atoms with E-state index < -0.39 is 10.0 Å². The fraction of sp³-hybridized carbons (Fsp3) is 1.00. The van der Waals surface area contributed by atoms with Gasteiger partial charge in [-0.3, -0.25) is 0 Å². The van der Waals surface area contributed by atoms with Gasteiger partial charge in [0.2, 0.25) is 10.0 Å². The molecule has 1 aliphatic heterocycles. The van der Waals surface area contributed by atoms with Crippen LogP contribution in [0, 0.1) is 0 Å². The van der Waals surface area contributed by atoms with Gasteiger partial charge in [0.05, 0.1) is 12.4 Å². The first-order valence-electron chi connectivity index (χ1n) is 6.24. The molecule has 0 aromatic heterocycles. The van der Waals surface area contributed by atoms with Gasteiger partial charge in [0.25, 0.3) is 0 Å². The van der Waals surface area contributed by atoms with Crippen LogP contribution < -0.4 is 0 Å². The largest absolute Gasteiger partial charge is 0.383 e. The molecule has 0 aromatic carbocycles. The van der Waals surface area contributed by atoms with E-state index in [9.17, 15) is 8.42 Å². The van der Waals surface area contributed by atoms with E-state index in [2.05, 4.69) is 0 Å². The molecule has 18 heavy (non-hydrogen) atoms. The molecule has 1 unspecified atom stereocenters. The van der Waals surface area contributed by atoms with Gasteiger partial charge >= 0.3 is 0 Å². The number of hydrogen-bond donors (Lipinski definition) is 0. The molecule has 1 saturated heterocycles. The monoisotopic (exact) mass is 315 g/mol. The third-order valence-corrected chi connectivity index (χ3v) is 6.38. The Morgan fingerprint density at radius 3 is 2.78 bits per heavy atom. The molecule has 0 spiro atoms. The van der Waals surface area contributed by atoms with E-state index in [1.165, 1.54) is 0 Å². The number of nitrogens with zero attached hydrogens (tertiary/aromatic N) is 1. The summed E-state index contributed by atoms with van der Waals surface area (Å²) in [4.78, 5) is 0. The van der Waals surface area contributed by atoms with Crippen molar-refractivity contribution in [3.05, 3.63) is 0 Å². The van der Waals surface area contributed by atoms with Gasteiger partial charge in [0.1, 0.15) is 0 Å². The molecule has 0 N–H and O–H groups in total. The molecular weight excluding hydrogens is 294 g/mol. The molecule has 0 bridgehead atoms. The first-order valence-corrected chi connectivity index (χ1v) is 9.54. The average Bonchev–Trinajstić information content (AvgIpc) is 2.83. The molecule has 0 saturated carbocycles. The van der Waals surface area contributed by atoms with Crippen LogP contribution in [0.2, 0.25) is 0 Å². The Balaban J connectivity index is 2.61. The molecule has 0 aliphatic carbocycles. The maximum absolute atomic E-state index is 12.3. The Kier molecular flexibility index (Phi) is 7.95. The van der Waals surface area contributed by atoms with Gasteiger partial charge in [-0.1, -0.05) is 0 Å². The first kappa shape index (κ1) is 16.6. The Morgan fingerprint density at radius 1 is 1.44 bits per heavy atom. The second-order valence-electron chi connectivity index (χ2n) is 4.33. The Labute approximate surface area is 119 Å². The normalized spacial score (nSPS) is 20.7. The van der Waals surface area contributed by atoms with Crippen LogP contribution in [0.15, 0.2) is 0 Å². The Morgan fingerprint density at radius 2 is 2.22 bits per heavy atom. The summed E-state index contributed by atoms with van der Waals surface area (Å²) in [5.74, 6) is 2.67. The van der Waals surface area contributed by atoms with E-state index in [1.54, 1.807) is 11.4 Å². The van der Waals surface area contributed by atoms with Crippen molar-refractivity contribution in [2.75, 3.05) is 43.4 Å². The van der Waals surface area contributed by atoms with Crippen LogP contribution in [0.4, 0.5) is 0 Å². The molecule has 4 nitrogen and oxygen atoms in total. The fourth-order valence-electron chi connectivity index (χ4n) is 1.98. The van der Waals surface area contributed by atoms with Gasteiger partial charge < -0.3 is 4.74 Å². The standard InChI is InChI=1S/C11H22ClNO3S2/c1-16-7-6-13(11-4-8-17-10-11)18(14,15)9-3-2-5-12/h11H,2-10H2,1H3. The molecule has 0 radical (unpaired) electrons. The van der Waals surface area contributed by atoms with Crippen molar-refractivity contribution >= 4 is 33.4 Å². The van der Waals surface area contributed by atoms with Crippen LogP contribution in [-0.4, -0.2) is 62.2 Å². The van der Waals surface area contributed by atoms with Crippen LogP contribution >= 0.6 is 23.4 Å². The van der Waals surface area contributed by atoms with E-state index in [1.807, 2.05) is 11.8 Å². The maximum Gasteiger partial charge on any atom is 0.214 e. The van der Waals surface area contributed by atoms with Crippen molar-refractivity contribution < 1.29 is 13.2 Å². The van der Waals surface area contributed by atoms with Crippen molar-refractivity contribution in [3.8, 4) is 0 Å². The minimum atomic E-state index is -3.17. The van der Waals surface area contributed by atoms with E-state index in [0.29, 0.717) is 25.5 Å². The van der Waals surface area contributed by atoms with Gasteiger partial charge in [-0.05, 0) is 25.0 Å². The average molecular weight is 316 g/mol. The van der Waals surface area contributed by atoms with Crippen molar-refractivity contribution in [1.29, 1.82) is 0 Å². The van der Waals surface area contributed by atoms with E-state index in [-0.39, 0.29) is 11.8 Å². The van der Waals surface area contributed by atoms with Crippen LogP contribution in [0.5, 0.6) is 0 Å². The summed E-state index contributed by atoms with van der Waals surface area (Å²) < 4.78 is 31.3. The zero-order valence-corrected chi connectivity index (χ0v) is 13.2. The third kappa shape index (κ3) is 5.25. The number of thioether (sulfide) groups is 1. The zero-order valence-electron chi connectivity index (χ0n) is 10.8. The van der Waals surface area contributed by atoms with E-state index >= 15 is 0 Å². The van der Waals surface area contributed by atoms with Crippen molar-refractivity contribution in [3.63, 3.8) is 0 Å². The highest BCUT2D eigenvalue weighted by molar-refractivity contribution is 7.99. The number of halogens is 1. The molecular formula is C11H22ClNO3S2. The number of sulfonamides is 1. The van der Waals surface area contributed by atoms with Crippen LogP contribution in [0.1, 0.15) is 19.3 Å². The predicted molar refractivity (Wildman–Crippen MR) is 78.1 cm³/mol. The lowest BCUT2D eigenvalue weighted by Gasteiger charge is -2.27. The van der Waals surface area contributed by atoms with E-state index in [0.717, 1.165) is 24.3 Å². The highest BCUT2D eigenvalue weighted by atomic mass is 35.5. The minimum Gasteiger partial charge on any atom is -0.383 e. The Bertz CT molecular complexity index is 318. The van der Waals surface area contributed by atoms with Crippen molar-refractivity contribution in [2.45, 2.75) is 25.3 Å². The summed E-state index contributed by atoms with van der Waals surface area (Å²) >= 11 is 7.41. The molecule has 1 fully saturated rings. The fourth-order valence-corrected chi connectivity index (χ4v) is 5.27. The summed E-state index contributed by atoms with van der Waals surface area (Å²) in [5, 5.41) is 0. The van der Waals surface area contributed by atoms with Crippen molar-refractivity contribution in [2.24, 2.45) is 0 Å². The molecule has 1 rings (SSSR count). The lowest BCUT2D eigenvalue weighted by molar-refractivity contribution is 0.169. The van der Waals surface area contributed by atoms with Gasteiger partial charge in [0.15, 0.2) is 0 Å². The number of rotatable bonds is 9. The quantitative estimate of drug-likeness (QED) is 0.481. The van der Waals surface area contributed by atoms with Gasteiger partial charge in [-0.2, -0.15) is 16.1 Å². The molecule has 7 heteroatoms. The summed E-state index contributed by atoms with van der Waals surface area (Å²) in [6.07, 6.45) is 2.33. The zero-order chi connectivity index (χ0) is 13.4. The third-order valence-electron chi connectivity index (χ3n) is 2.97. The highest BCUT2D eigenvalue weighted by Gasteiger charge is 2.31.